The van der Waals surface area contributed by atoms with Crippen molar-refractivity contribution in [2.45, 2.75) is 31.5 Å². The van der Waals surface area contributed by atoms with E-state index in [2.05, 4.69) is 19.6 Å². The van der Waals surface area contributed by atoms with Gasteiger partial charge >= 0.3 is 7.60 Å². The van der Waals surface area contributed by atoms with E-state index in [1.165, 1.54) is 14.2 Å². The second kappa shape index (κ2) is 7.53. The highest BCUT2D eigenvalue weighted by atomic mass is 31.2. The summed E-state index contributed by atoms with van der Waals surface area (Å²) in [6, 6.07) is 10.4. The summed E-state index contributed by atoms with van der Waals surface area (Å²) in [7, 11) is -1.72. The number of hydrogen-bond acceptors (Lipinski definition) is 4. The van der Waals surface area contributed by atoms with Crippen LogP contribution in [0.25, 0.3) is 0 Å². The summed E-state index contributed by atoms with van der Waals surface area (Å²) in [6.45, 7) is 7.40. The van der Waals surface area contributed by atoms with E-state index in [-0.39, 0.29) is 0 Å². The highest BCUT2D eigenvalue weighted by molar-refractivity contribution is 7.54. The SMILES string of the molecule is COP(=O)(OC)[C@@H](OCC[Si](C)(C)C)c1ccccc1. The average Bonchev–Trinajstić information content (AvgIpc) is 2.42. The van der Waals surface area contributed by atoms with Gasteiger partial charge in [0.15, 0.2) is 5.85 Å². The quantitative estimate of drug-likeness (QED) is 0.522. The van der Waals surface area contributed by atoms with E-state index in [1.807, 2.05) is 30.3 Å². The molecule has 4 nitrogen and oxygen atoms in total. The lowest BCUT2D eigenvalue weighted by Crippen LogP contribution is -2.22. The monoisotopic (exact) mass is 316 g/mol. The fourth-order valence-corrected chi connectivity index (χ4v) is 3.82. The van der Waals surface area contributed by atoms with Crippen molar-refractivity contribution in [2.75, 3.05) is 20.8 Å². The molecule has 1 atom stereocenters. The lowest BCUT2D eigenvalue weighted by molar-refractivity contribution is 0.0864. The molecule has 114 valence electrons. The van der Waals surface area contributed by atoms with Crippen molar-refractivity contribution in [3.8, 4) is 0 Å². The van der Waals surface area contributed by atoms with Gasteiger partial charge in [0.25, 0.3) is 0 Å². The van der Waals surface area contributed by atoms with Crippen LogP contribution in [-0.4, -0.2) is 28.9 Å². The van der Waals surface area contributed by atoms with Crippen LogP contribution in [0.5, 0.6) is 0 Å². The van der Waals surface area contributed by atoms with Crippen LogP contribution in [0.15, 0.2) is 30.3 Å². The van der Waals surface area contributed by atoms with Gasteiger partial charge in [0.05, 0.1) is 0 Å². The molecule has 1 aromatic carbocycles. The molecule has 0 aliphatic carbocycles. The molecule has 0 bridgehead atoms. The predicted octanol–water partition coefficient (Wildman–Crippen LogP) is 4.53. The maximum Gasteiger partial charge on any atom is 0.363 e. The molecule has 0 aliphatic heterocycles. The molecule has 0 N–H and O–H groups in total. The molecule has 0 fully saturated rings. The topological polar surface area (TPSA) is 44.8 Å². The van der Waals surface area contributed by atoms with Crippen LogP contribution in [0.2, 0.25) is 25.7 Å². The zero-order valence-corrected chi connectivity index (χ0v) is 14.9. The van der Waals surface area contributed by atoms with Gasteiger partial charge in [-0.05, 0) is 11.6 Å². The van der Waals surface area contributed by atoms with Crippen molar-refractivity contribution in [2.24, 2.45) is 0 Å². The predicted molar refractivity (Wildman–Crippen MR) is 84.9 cm³/mol. The maximum atomic E-state index is 12.6. The molecule has 0 aromatic heterocycles. The normalized spacial score (nSPS) is 14.2. The summed E-state index contributed by atoms with van der Waals surface area (Å²) >= 11 is 0. The van der Waals surface area contributed by atoms with Crippen LogP contribution in [0, 0.1) is 0 Å². The summed E-state index contributed by atoms with van der Waals surface area (Å²) in [5.41, 5.74) is 0.815. The molecule has 0 spiro atoms. The van der Waals surface area contributed by atoms with Gasteiger partial charge in [0, 0.05) is 28.9 Å². The van der Waals surface area contributed by atoms with Crippen LogP contribution in [0.4, 0.5) is 0 Å². The minimum absolute atomic E-state index is 0.562. The summed E-state index contributed by atoms with van der Waals surface area (Å²) in [6.07, 6.45) is 0. The second-order valence-corrected chi connectivity index (χ2v) is 13.7. The first kappa shape index (κ1) is 17.6. The smallest absolute Gasteiger partial charge is 0.361 e. The Morgan fingerprint density at radius 3 is 2.10 bits per heavy atom. The van der Waals surface area contributed by atoms with Gasteiger partial charge in [-0.3, -0.25) is 4.57 Å². The Morgan fingerprint density at radius 1 is 1.10 bits per heavy atom. The zero-order chi connectivity index (χ0) is 15.2. The molecular weight excluding hydrogens is 291 g/mol. The van der Waals surface area contributed by atoms with Crippen LogP contribution in [0.3, 0.4) is 0 Å². The Kier molecular flexibility index (Phi) is 6.62. The first-order valence-electron chi connectivity index (χ1n) is 6.70. The number of benzene rings is 1. The molecule has 0 unspecified atom stereocenters. The third kappa shape index (κ3) is 5.15. The molecule has 0 heterocycles. The van der Waals surface area contributed by atoms with E-state index in [4.69, 9.17) is 13.8 Å². The standard InChI is InChI=1S/C14H25O4PSi/c1-16-19(15,17-2)14(13-9-7-6-8-10-13)18-11-12-20(3,4)5/h6-10,14H,11-12H2,1-5H3/t14-/m1/s1. The maximum absolute atomic E-state index is 12.6. The van der Waals surface area contributed by atoms with Crippen molar-refractivity contribution in [3.63, 3.8) is 0 Å². The molecule has 1 rings (SSSR count). The van der Waals surface area contributed by atoms with Gasteiger partial charge in [0.1, 0.15) is 0 Å². The second-order valence-electron chi connectivity index (χ2n) is 5.85. The highest BCUT2D eigenvalue weighted by Crippen LogP contribution is 2.60. The molecule has 1 aromatic rings. The molecule has 0 amide bonds. The van der Waals surface area contributed by atoms with Crippen molar-refractivity contribution in [1.82, 2.24) is 0 Å². The van der Waals surface area contributed by atoms with E-state index >= 15 is 0 Å². The van der Waals surface area contributed by atoms with Crippen molar-refractivity contribution in [3.05, 3.63) is 35.9 Å². The van der Waals surface area contributed by atoms with E-state index in [0.717, 1.165) is 11.6 Å². The average molecular weight is 316 g/mol. The van der Waals surface area contributed by atoms with E-state index in [0.29, 0.717) is 6.61 Å². The molecule has 0 saturated carbocycles. The largest absolute Gasteiger partial charge is 0.363 e. The molecular formula is C14H25O4PSi. The number of hydrogen-bond donors (Lipinski definition) is 0. The van der Waals surface area contributed by atoms with Crippen molar-refractivity contribution >= 4 is 15.7 Å². The van der Waals surface area contributed by atoms with Gasteiger partial charge in [-0.25, -0.2) is 0 Å². The van der Waals surface area contributed by atoms with Gasteiger partial charge in [0.2, 0.25) is 0 Å². The first-order chi connectivity index (χ1) is 9.32. The molecule has 0 saturated heterocycles. The minimum atomic E-state index is -3.30. The van der Waals surface area contributed by atoms with E-state index in [9.17, 15) is 4.57 Å². The fraction of sp³-hybridized carbons (Fsp3) is 0.571. The van der Waals surface area contributed by atoms with Gasteiger partial charge in [-0.2, -0.15) is 0 Å². The third-order valence-corrected chi connectivity index (χ3v) is 6.75. The molecule has 20 heavy (non-hydrogen) atoms. The fourth-order valence-electron chi connectivity index (χ4n) is 1.73. The van der Waals surface area contributed by atoms with E-state index in [1.54, 1.807) is 0 Å². The Balaban J connectivity index is 2.89. The summed E-state index contributed by atoms with van der Waals surface area (Å²) in [5.74, 6) is -0.671. The Hall–Kier alpha value is -0.453. The minimum Gasteiger partial charge on any atom is -0.361 e. The van der Waals surface area contributed by atoms with E-state index < -0.39 is 21.5 Å². The Bertz CT molecular complexity index is 436. The van der Waals surface area contributed by atoms with Gasteiger partial charge in [-0.1, -0.05) is 50.0 Å². The zero-order valence-electron chi connectivity index (χ0n) is 13.0. The third-order valence-electron chi connectivity index (χ3n) is 3.01. The molecule has 6 heteroatoms. The molecule has 0 radical (unpaired) electrons. The number of ether oxygens (including phenoxy) is 1. The van der Waals surface area contributed by atoms with Crippen LogP contribution < -0.4 is 0 Å². The Labute approximate surface area is 123 Å². The van der Waals surface area contributed by atoms with Gasteiger partial charge < -0.3 is 13.8 Å². The lowest BCUT2D eigenvalue weighted by Gasteiger charge is -2.26. The summed E-state index contributed by atoms with van der Waals surface area (Å²) in [5, 5.41) is 0. The number of rotatable bonds is 8. The highest BCUT2D eigenvalue weighted by Gasteiger charge is 2.36. The van der Waals surface area contributed by atoms with Crippen LogP contribution in [-0.2, 0) is 18.3 Å². The summed E-state index contributed by atoms with van der Waals surface area (Å²) < 4.78 is 28.7. The summed E-state index contributed by atoms with van der Waals surface area (Å²) in [4.78, 5) is 0. The van der Waals surface area contributed by atoms with Gasteiger partial charge in [-0.15, -0.1) is 0 Å². The first-order valence-corrected chi connectivity index (χ1v) is 12.0. The molecule has 0 aliphatic rings. The lowest BCUT2D eigenvalue weighted by atomic mass is 10.2. The van der Waals surface area contributed by atoms with Crippen LogP contribution in [0.1, 0.15) is 11.4 Å². The van der Waals surface area contributed by atoms with Crippen molar-refractivity contribution in [1.29, 1.82) is 0 Å². The Morgan fingerprint density at radius 2 is 1.65 bits per heavy atom. The van der Waals surface area contributed by atoms with Crippen molar-refractivity contribution < 1.29 is 18.3 Å². The van der Waals surface area contributed by atoms with Crippen LogP contribution >= 0.6 is 7.60 Å².